The van der Waals surface area contributed by atoms with Crippen LogP contribution in [0.15, 0.2) is 18.2 Å². The first-order valence-electron chi connectivity index (χ1n) is 4.68. The number of halogens is 1. The quantitative estimate of drug-likeness (QED) is 0.776. The van der Waals surface area contributed by atoms with E-state index in [2.05, 4.69) is 5.32 Å². The number of hydrogen-bond acceptors (Lipinski definition) is 2. The molecular weight excluding hydrogens is 181 g/mol. The summed E-state index contributed by atoms with van der Waals surface area (Å²) in [6, 6.07) is 4.85. The largest absolute Gasteiger partial charge is 0.380 e. The second-order valence-corrected chi connectivity index (χ2v) is 3.20. The Morgan fingerprint density at radius 1 is 1.36 bits per heavy atom. The van der Waals surface area contributed by atoms with Crippen LogP contribution >= 0.6 is 0 Å². The number of nitrogens with one attached hydrogen (secondary N) is 1. The van der Waals surface area contributed by atoms with E-state index in [1.807, 2.05) is 13.1 Å². The summed E-state index contributed by atoms with van der Waals surface area (Å²) in [6.07, 6.45) is 0.898. The van der Waals surface area contributed by atoms with Crippen molar-refractivity contribution < 1.29 is 9.13 Å². The Morgan fingerprint density at radius 2 is 2.14 bits per heavy atom. The summed E-state index contributed by atoms with van der Waals surface area (Å²) in [5.74, 6) is -0.203. The summed E-state index contributed by atoms with van der Waals surface area (Å²) in [4.78, 5) is 0. The number of benzene rings is 1. The van der Waals surface area contributed by atoms with Crippen molar-refractivity contribution in [2.75, 3.05) is 20.7 Å². The van der Waals surface area contributed by atoms with Crippen molar-refractivity contribution in [3.8, 4) is 0 Å². The second kappa shape index (κ2) is 5.73. The van der Waals surface area contributed by atoms with Crippen LogP contribution in [0.25, 0.3) is 0 Å². The molecule has 0 atom stereocenters. The Balaban J connectivity index is 2.78. The Hall–Kier alpha value is -0.930. The maximum Gasteiger partial charge on any atom is 0.123 e. The van der Waals surface area contributed by atoms with Crippen molar-refractivity contribution >= 4 is 0 Å². The highest BCUT2D eigenvalue weighted by Crippen LogP contribution is 2.12. The average molecular weight is 197 g/mol. The Bertz CT molecular complexity index is 289. The monoisotopic (exact) mass is 197 g/mol. The van der Waals surface area contributed by atoms with Gasteiger partial charge in [0, 0.05) is 7.11 Å². The normalized spacial score (nSPS) is 10.5. The number of ether oxygens (including phenoxy) is 1. The predicted molar refractivity (Wildman–Crippen MR) is 54.7 cm³/mol. The molecule has 0 amide bonds. The summed E-state index contributed by atoms with van der Waals surface area (Å²) in [5.41, 5.74) is 2.07. The van der Waals surface area contributed by atoms with E-state index in [0.29, 0.717) is 6.61 Å². The Labute approximate surface area is 84.1 Å². The van der Waals surface area contributed by atoms with Crippen molar-refractivity contribution in [3.63, 3.8) is 0 Å². The van der Waals surface area contributed by atoms with Crippen LogP contribution in [0.4, 0.5) is 4.39 Å². The van der Waals surface area contributed by atoms with Crippen LogP contribution in [0.1, 0.15) is 11.1 Å². The van der Waals surface area contributed by atoms with Gasteiger partial charge in [0.05, 0.1) is 6.61 Å². The number of likely N-dealkylation sites (N-methyl/N-ethyl adjacent to an activating group) is 1. The van der Waals surface area contributed by atoms with Crippen molar-refractivity contribution in [3.05, 3.63) is 35.1 Å². The third-order valence-electron chi connectivity index (χ3n) is 2.11. The third kappa shape index (κ3) is 3.09. The molecule has 0 saturated heterocycles. The third-order valence-corrected chi connectivity index (χ3v) is 2.11. The first-order chi connectivity index (χ1) is 6.77. The van der Waals surface area contributed by atoms with E-state index in [9.17, 15) is 4.39 Å². The minimum Gasteiger partial charge on any atom is -0.380 e. The molecule has 0 heterocycles. The van der Waals surface area contributed by atoms with Crippen molar-refractivity contribution in [2.45, 2.75) is 13.0 Å². The maximum atomic E-state index is 12.9. The smallest absolute Gasteiger partial charge is 0.123 e. The highest BCUT2D eigenvalue weighted by atomic mass is 19.1. The minimum absolute atomic E-state index is 0.203. The van der Waals surface area contributed by atoms with Gasteiger partial charge in [-0.3, -0.25) is 0 Å². The lowest BCUT2D eigenvalue weighted by Gasteiger charge is -2.08. The van der Waals surface area contributed by atoms with Gasteiger partial charge in [0.2, 0.25) is 0 Å². The molecule has 78 valence electrons. The lowest BCUT2D eigenvalue weighted by Crippen LogP contribution is -2.11. The van der Waals surface area contributed by atoms with E-state index in [4.69, 9.17) is 4.74 Å². The second-order valence-electron chi connectivity index (χ2n) is 3.20. The van der Waals surface area contributed by atoms with E-state index in [1.54, 1.807) is 7.11 Å². The first kappa shape index (κ1) is 11.1. The molecule has 0 aliphatic heterocycles. The van der Waals surface area contributed by atoms with Crippen LogP contribution in [0.5, 0.6) is 0 Å². The van der Waals surface area contributed by atoms with Gasteiger partial charge in [0.1, 0.15) is 5.82 Å². The predicted octanol–water partition coefficient (Wildman–Crippen LogP) is 1.73. The lowest BCUT2D eigenvalue weighted by atomic mass is 10.1. The average Bonchev–Trinajstić information content (AvgIpc) is 2.17. The number of methoxy groups -OCH3 is 1. The molecule has 0 fully saturated rings. The molecule has 1 rings (SSSR count). The SMILES string of the molecule is CNCCc1ccc(F)cc1COC. The minimum atomic E-state index is -0.203. The Kier molecular flexibility index (Phi) is 4.56. The molecule has 1 N–H and O–H groups in total. The Morgan fingerprint density at radius 3 is 2.79 bits per heavy atom. The van der Waals surface area contributed by atoms with Crippen molar-refractivity contribution in [1.29, 1.82) is 0 Å². The zero-order valence-corrected chi connectivity index (χ0v) is 8.64. The number of hydrogen-bond donors (Lipinski definition) is 1. The summed E-state index contributed by atoms with van der Waals surface area (Å²) >= 11 is 0. The fourth-order valence-electron chi connectivity index (χ4n) is 1.39. The van der Waals surface area contributed by atoms with E-state index < -0.39 is 0 Å². The van der Waals surface area contributed by atoms with Gasteiger partial charge < -0.3 is 10.1 Å². The van der Waals surface area contributed by atoms with Gasteiger partial charge in [-0.15, -0.1) is 0 Å². The van der Waals surface area contributed by atoms with Crippen LogP contribution in [0, 0.1) is 5.82 Å². The molecule has 0 spiro atoms. The van der Waals surface area contributed by atoms with Gasteiger partial charge in [0.25, 0.3) is 0 Å². The van der Waals surface area contributed by atoms with Gasteiger partial charge in [-0.2, -0.15) is 0 Å². The lowest BCUT2D eigenvalue weighted by molar-refractivity contribution is 0.184. The molecule has 0 bridgehead atoms. The van der Waals surface area contributed by atoms with Gasteiger partial charge in [-0.1, -0.05) is 6.07 Å². The van der Waals surface area contributed by atoms with E-state index >= 15 is 0 Å². The molecule has 0 saturated carbocycles. The first-order valence-corrected chi connectivity index (χ1v) is 4.68. The highest BCUT2D eigenvalue weighted by molar-refractivity contribution is 5.27. The fourth-order valence-corrected chi connectivity index (χ4v) is 1.39. The van der Waals surface area contributed by atoms with E-state index in [-0.39, 0.29) is 5.82 Å². The van der Waals surface area contributed by atoms with Crippen molar-refractivity contribution in [1.82, 2.24) is 5.32 Å². The zero-order chi connectivity index (χ0) is 10.4. The van der Waals surface area contributed by atoms with Gasteiger partial charge in [0.15, 0.2) is 0 Å². The topological polar surface area (TPSA) is 21.3 Å². The number of rotatable bonds is 5. The van der Waals surface area contributed by atoms with E-state index in [1.165, 1.54) is 12.1 Å². The molecule has 14 heavy (non-hydrogen) atoms. The summed E-state index contributed by atoms with van der Waals surface area (Å²) in [6.45, 7) is 1.36. The highest BCUT2D eigenvalue weighted by Gasteiger charge is 2.03. The molecule has 3 heteroatoms. The van der Waals surface area contributed by atoms with Crippen LogP contribution in [0.2, 0.25) is 0 Å². The fraction of sp³-hybridized carbons (Fsp3) is 0.455. The molecule has 0 radical (unpaired) electrons. The summed E-state index contributed by atoms with van der Waals surface area (Å²) in [7, 11) is 3.52. The molecule has 0 aromatic heterocycles. The van der Waals surface area contributed by atoms with Crippen LogP contribution < -0.4 is 5.32 Å². The summed E-state index contributed by atoms with van der Waals surface area (Å²) < 4.78 is 17.9. The molecule has 0 aliphatic carbocycles. The zero-order valence-electron chi connectivity index (χ0n) is 8.64. The van der Waals surface area contributed by atoms with Crippen LogP contribution in [-0.2, 0) is 17.8 Å². The molecule has 1 aromatic rings. The molecule has 1 aromatic carbocycles. The van der Waals surface area contributed by atoms with Gasteiger partial charge in [-0.05, 0) is 43.3 Å². The van der Waals surface area contributed by atoms with E-state index in [0.717, 1.165) is 24.1 Å². The van der Waals surface area contributed by atoms with Crippen LogP contribution in [-0.4, -0.2) is 20.7 Å². The van der Waals surface area contributed by atoms with Gasteiger partial charge in [-0.25, -0.2) is 4.39 Å². The maximum absolute atomic E-state index is 12.9. The standard InChI is InChI=1S/C11H16FNO/c1-13-6-5-9-3-4-11(12)7-10(9)8-14-2/h3-4,7,13H,5-6,8H2,1-2H3. The van der Waals surface area contributed by atoms with Gasteiger partial charge >= 0.3 is 0 Å². The molecule has 2 nitrogen and oxygen atoms in total. The summed E-state index contributed by atoms with van der Waals surface area (Å²) in [5, 5.41) is 3.07. The molecular formula is C11H16FNO. The molecule has 0 aliphatic rings. The van der Waals surface area contributed by atoms with Crippen molar-refractivity contribution in [2.24, 2.45) is 0 Å². The molecule has 0 unspecified atom stereocenters. The van der Waals surface area contributed by atoms with Crippen LogP contribution in [0.3, 0.4) is 0 Å².